The minimum absolute atomic E-state index is 0.00877. The van der Waals surface area contributed by atoms with Gasteiger partial charge in [-0.2, -0.15) is 0 Å². The molecular formula is C20H28O3. The van der Waals surface area contributed by atoms with E-state index in [-0.39, 0.29) is 16.8 Å². The van der Waals surface area contributed by atoms with Gasteiger partial charge >= 0.3 is 5.97 Å². The van der Waals surface area contributed by atoms with Gasteiger partial charge in [0.15, 0.2) is 0 Å². The molecule has 6 atom stereocenters. The van der Waals surface area contributed by atoms with Gasteiger partial charge in [-0.1, -0.05) is 19.1 Å². The van der Waals surface area contributed by atoms with Crippen molar-refractivity contribution in [1.29, 1.82) is 0 Å². The van der Waals surface area contributed by atoms with E-state index in [1.807, 2.05) is 0 Å². The molecule has 0 aromatic rings. The minimum atomic E-state index is -0.320. The summed E-state index contributed by atoms with van der Waals surface area (Å²) in [5.74, 6) is 2.24. The van der Waals surface area contributed by atoms with Crippen LogP contribution in [0, 0.1) is 34.5 Å². The van der Waals surface area contributed by atoms with Crippen molar-refractivity contribution < 1.29 is 14.3 Å². The van der Waals surface area contributed by atoms with Crippen molar-refractivity contribution in [2.45, 2.75) is 58.3 Å². The van der Waals surface area contributed by atoms with Crippen molar-refractivity contribution >= 4 is 11.8 Å². The van der Waals surface area contributed by atoms with Crippen LogP contribution in [0.1, 0.15) is 58.3 Å². The summed E-state index contributed by atoms with van der Waals surface area (Å²) < 4.78 is 5.32. The number of ether oxygens (including phenoxy) is 1. The zero-order valence-corrected chi connectivity index (χ0v) is 14.3. The molecule has 0 spiro atoms. The molecule has 0 aliphatic heterocycles. The smallest absolute Gasteiger partial charge is 0.312 e. The Morgan fingerprint density at radius 1 is 1.17 bits per heavy atom. The van der Waals surface area contributed by atoms with E-state index in [0.717, 1.165) is 44.9 Å². The second kappa shape index (κ2) is 5.19. The van der Waals surface area contributed by atoms with Gasteiger partial charge in [0.25, 0.3) is 0 Å². The fraction of sp³-hybridized carbons (Fsp3) is 0.800. The molecule has 3 fully saturated rings. The summed E-state index contributed by atoms with van der Waals surface area (Å²) in [5, 5.41) is 0. The highest BCUT2D eigenvalue weighted by Gasteiger charge is 2.63. The lowest BCUT2D eigenvalue weighted by atomic mass is 9.45. The van der Waals surface area contributed by atoms with Crippen LogP contribution in [-0.4, -0.2) is 18.9 Å². The third kappa shape index (κ3) is 1.88. The maximum Gasteiger partial charge on any atom is 0.312 e. The van der Waals surface area contributed by atoms with Gasteiger partial charge in [0.1, 0.15) is 5.78 Å². The number of carbonyl (C=O) groups is 2. The van der Waals surface area contributed by atoms with Crippen LogP contribution < -0.4 is 0 Å². The Bertz CT molecular complexity index is 565. The molecule has 3 heteroatoms. The molecule has 0 unspecified atom stereocenters. The van der Waals surface area contributed by atoms with Gasteiger partial charge in [-0.05, 0) is 68.6 Å². The maximum atomic E-state index is 12.9. The summed E-state index contributed by atoms with van der Waals surface area (Å²) in [7, 11) is 1.54. The van der Waals surface area contributed by atoms with Crippen molar-refractivity contribution in [1.82, 2.24) is 0 Å². The van der Waals surface area contributed by atoms with Crippen molar-refractivity contribution in [3.05, 3.63) is 12.2 Å². The van der Waals surface area contributed by atoms with Gasteiger partial charge in [0.2, 0.25) is 0 Å². The van der Waals surface area contributed by atoms with Crippen LogP contribution >= 0.6 is 0 Å². The van der Waals surface area contributed by atoms with Gasteiger partial charge in [-0.25, -0.2) is 0 Å². The molecule has 4 rings (SSSR count). The predicted octanol–water partition coefficient (Wildman–Crippen LogP) is 3.92. The second-order valence-electron chi connectivity index (χ2n) is 8.48. The molecule has 23 heavy (non-hydrogen) atoms. The minimum Gasteiger partial charge on any atom is -0.469 e. The van der Waals surface area contributed by atoms with Crippen LogP contribution in [0.25, 0.3) is 0 Å². The van der Waals surface area contributed by atoms with Gasteiger partial charge in [0.05, 0.1) is 12.5 Å². The Labute approximate surface area is 138 Å². The van der Waals surface area contributed by atoms with Crippen LogP contribution in [0.15, 0.2) is 12.2 Å². The Balaban J connectivity index is 1.74. The molecule has 0 aromatic carbocycles. The molecular weight excluding hydrogens is 288 g/mol. The second-order valence-corrected chi connectivity index (χ2v) is 8.48. The molecule has 0 radical (unpaired) electrons. The standard InChI is InChI=1S/C20H28O3/c1-19-12-10-16-14(15(19)8-9-17(19)21)7-6-13-5-3-4-11-20(13,16)18(22)23-2/h3,5,13-16H,4,6-12H2,1-2H3/t13-,14+,15+,16+,19+,20-/m1/s1. The first-order chi connectivity index (χ1) is 11.0. The Morgan fingerprint density at radius 3 is 2.78 bits per heavy atom. The fourth-order valence-corrected chi connectivity index (χ4v) is 6.82. The van der Waals surface area contributed by atoms with Crippen molar-refractivity contribution in [2.75, 3.05) is 7.11 Å². The molecule has 4 aliphatic carbocycles. The SMILES string of the molecule is COC(=O)[C@]12CCC=C[C@@H]1CC[C@@H]1[C@@H]2CC[C@]2(C)C(=O)CC[C@@H]12. The summed E-state index contributed by atoms with van der Waals surface area (Å²) in [6.45, 7) is 2.20. The fourth-order valence-electron chi connectivity index (χ4n) is 6.82. The van der Waals surface area contributed by atoms with E-state index in [4.69, 9.17) is 4.74 Å². The number of Topliss-reactive ketones (excluding diaryl/α,β-unsaturated/α-hetero) is 1. The third-order valence-electron chi connectivity index (χ3n) is 7.94. The molecule has 4 aliphatic rings. The lowest BCUT2D eigenvalue weighted by Crippen LogP contribution is -2.56. The normalized spacial score (nSPS) is 48.3. The Hall–Kier alpha value is -1.12. The molecule has 0 saturated heterocycles. The first-order valence-electron chi connectivity index (χ1n) is 9.32. The van der Waals surface area contributed by atoms with Crippen LogP contribution in [0.5, 0.6) is 0 Å². The lowest BCUT2D eigenvalue weighted by Gasteiger charge is -2.57. The van der Waals surface area contributed by atoms with Crippen molar-refractivity contribution in [3.63, 3.8) is 0 Å². The lowest BCUT2D eigenvalue weighted by molar-refractivity contribution is -0.175. The van der Waals surface area contributed by atoms with E-state index in [2.05, 4.69) is 19.1 Å². The topological polar surface area (TPSA) is 43.4 Å². The number of allylic oxidation sites excluding steroid dienone is 2. The average molecular weight is 316 g/mol. The molecule has 3 nitrogen and oxygen atoms in total. The highest BCUT2D eigenvalue weighted by atomic mass is 16.5. The third-order valence-corrected chi connectivity index (χ3v) is 7.94. The number of fused-ring (bicyclic) bond motifs is 5. The van der Waals surface area contributed by atoms with E-state index in [9.17, 15) is 9.59 Å². The van der Waals surface area contributed by atoms with Gasteiger partial charge < -0.3 is 4.74 Å². The molecule has 0 amide bonds. The van der Waals surface area contributed by atoms with Crippen molar-refractivity contribution in [2.24, 2.45) is 34.5 Å². The highest BCUT2D eigenvalue weighted by molar-refractivity contribution is 5.87. The van der Waals surface area contributed by atoms with E-state index in [0.29, 0.717) is 29.5 Å². The average Bonchev–Trinajstić information content (AvgIpc) is 2.89. The van der Waals surface area contributed by atoms with E-state index in [1.165, 1.54) is 6.42 Å². The number of esters is 1. The van der Waals surface area contributed by atoms with Gasteiger partial charge in [-0.3, -0.25) is 9.59 Å². The zero-order chi connectivity index (χ0) is 16.2. The maximum absolute atomic E-state index is 12.9. The summed E-state index contributed by atoms with van der Waals surface area (Å²) in [4.78, 5) is 25.3. The summed E-state index contributed by atoms with van der Waals surface area (Å²) in [6.07, 6.45) is 12.5. The summed E-state index contributed by atoms with van der Waals surface area (Å²) >= 11 is 0. The van der Waals surface area contributed by atoms with Crippen LogP contribution in [0.2, 0.25) is 0 Å². The predicted molar refractivity (Wildman–Crippen MR) is 87.6 cm³/mol. The Kier molecular flexibility index (Phi) is 3.48. The highest BCUT2D eigenvalue weighted by Crippen LogP contribution is 2.65. The Morgan fingerprint density at radius 2 is 2.00 bits per heavy atom. The molecule has 0 heterocycles. The molecule has 0 aromatic heterocycles. The first-order valence-corrected chi connectivity index (χ1v) is 9.32. The largest absolute Gasteiger partial charge is 0.469 e. The number of hydrogen-bond acceptors (Lipinski definition) is 3. The zero-order valence-electron chi connectivity index (χ0n) is 14.3. The van der Waals surface area contributed by atoms with E-state index in [1.54, 1.807) is 7.11 Å². The molecule has 3 saturated carbocycles. The van der Waals surface area contributed by atoms with Crippen molar-refractivity contribution in [3.8, 4) is 0 Å². The summed E-state index contributed by atoms with van der Waals surface area (Å²) in [5.41, 5.74) is -0.435. The van der Waals surface area contributed by atoms with Gasteiger partial charge in [0, 0.05) is 11.8 Å². The first kappa shape index (κ1) is 15.4. The summed E-state index contributed by atoms with van der Waals surface area (Å²) in [6, 6.07) is 0. The number of rotatable bonds is 1. The van der Waals surface area contributed by atoms with E-state index < -0.39 is 0 Å². The van der Waals surface area contributed by atoms with Gasteiger partial charge in [-0.15, -0.1) is 0 Å². The van der Waals surface area contributed by atoms with Crippen LogP contribution in [0.4, 0.5) is 0 Å². The number of hydrogen-bond donors (Lipinski definition) is 0. The molecule has 0 N–H and O–H groups in total. The van der Waals surface area contributed by atoms with Crippen LogP contribution in [-0.2, 0) is 14.3 Å². The molecule has 126 valence electrons. The number of ketones is 1. The number of methoxy groups -OCH3 is 1. The monoisotopic (exact) mass is 316 g/mol. The van der Waals surface area contributed by atoms with E-state index >= 15 is 0 Å². The quantitative estimate of drug-likeness (QED) is 0.544. The molecule has 0 bridgehead atoms. The number of carbonyl (C=O) groups excluding carboxylic acids is 2. The van der Waals surface area contributed by atoms with Crippen LogP contribution in [0.3, 0.4) is 0 Å².